The summed E-state index contributed by atoms with van der Waals surface area (Å²) in [7, 11) is 0. The molecule has 3 heteroatoms. The first-order chi connectivity index (χ1) is 4.81. The van der Waals surface area contributed by atoms with E-state index in [1.807, 2.05) is 0 Å². The standard InChI is InChI=1S/C7H13NO2/c1-3-6-10-8-7(2)4-5-9/h3,9H,1,4-6H2,2H3. The molecule has 0 rings (SSSR count). The molecule has 0 saturated carbocycles. The summed E-state index contributed by atoms with van der Waals surface area (Å²) in [5.41, 5.74) is 0.796. The van der Waals surface area contributed by atoms with Crippen LogP contribution in [0.3, 0.4) is 0 Å². The van der Waals surface area contributed by atoms with Crippen LogP contribution in [0, 0.1) is 0 Å². The van der Waals surface area contributed by atoms with Gasteiger partial charge in [-0.1, -0.05) is 17.8 Å². The molecule has 0 aromatic rings. The summed E-state index contributed by atoms with van der Waals surface area (Å²) in [6, 6.07) is 0. The summed E-state index contributed by atoms with van der Waals surface area (Å²) < 4.78 is 0. The Morgan fingerprint density at radius 1 is 1.80 bits per heavy atom. The van der Waals surface area contributed by atoms with E-state index in [2.05, 4.69) is 11.7 Å². The first-order valence-corrected chi connectivity index (χ1v) is 3.18. The second-order valence-corrected chi connectivity index (χ2v) is 1.88. The van der Waals surface area contributed by atoms with Crippen molar-refractivity contribution in [1.29, 1.82) is 0 Å². The molecule has 0 aromatic heterocycles. The molecule has 0 aromatic carbocycles. The van der Waals surface area contributed by atoms with Gasteiger partial charge >= 0.3 is 0 Å². The fraction of sp³-hybridized carbons (Fsp3) is 0.571. The number of hydrogen-bond acceptors (Lipinski definition) is 3. The molecule has 0 bridgehead atoms. The highest BCUT2D eigenvalue weighted by molar-refractivity contribution is 5.81. The minimum atomic E-state index is 0.118. The van der Waals surface area contributed by atoms with Crippen LogP contribution in [0.4, 0.5) is 0 Å². The first-order valence-electron chi connectivity index (χ1n) is 3.18. The molecule has 0 radical (unpaired) electrons. The number of nitrogens with zero attached hydrogens (tertiary/aromatic N) is 1. The zero-order valence-electron chi connectivity index (χ0n) is 6.21. The van der Waals surface area contributed by atoms with Crippen molar-refractivity contribution in [2.24, 2.45) is 5.16 Å². The number of hydrogen-bond donors (Lipinski definition) is 1. The van der Waals surface area contributed by atoms with Gasteiger partial charge in [0.25, 0.3) is 0 Å². The van der Waals surface area contributed by atoms with Gasteiger partial charge in [-0.2, -0.15) is 0 Å². The average molecular weight is 143 g/mol. The van der Waals surface area contributed by atoms with Crippen LogP contribution in [0.5, 0.6) is 0 Å². The molecule has 3 nitrogen and oxygen atoms in total. The SMILES string of the molecule is C=CCON=C(C)CCO. The van der Waals surface area contributed by atoms with Crippen molar-refractivity contribution in [3.63, 3.8) is 0 Å². The van der Waals surface area contributed by atoms with Gasteiger partial charge in [0.2, 0.25) is 0 Å². The van der Waals surface area contributed by atoms with E-state index in [1.54, 1.807) is 13.0 Å². The van der Waals surface area contributed by atoms with Gasteiger partial charge in [0.1, 0.15) is 6.61 Å². The molecule has 0 fully saturated rings. The summed E-state index contributed by atoms with van der Waals surface area (Å²) in [6.45, 7) is 5.80. The fourth-order valence-corrected chi connectivity index (χ4v) is 0.408. The third-order valence-electron chi connectivity index (χ3n) is 0.886. The zero-order valence-corrected chi connectivity index (χ0v) is 6.21. The van der Waals surface area contributed by atoms with E-state index in [9.17, 15) is 0 Å². The zero-order chi connectivity index (χ0) is 7.82. The summed E-state index contributed by atoms with van der Waals surface area (Å²) in [5.74, 6) is 0. The lowest BCUT2D eigenvalue weighted by molar-refractivity contribution is 0.173. The Morgan fingerprint density at radius 3 is 3.00 bits per heavy atom. The molecule has 0 heterocycles. The van der Waals surface area contributed by atoms with Crippen LogP contribution in [0.15, 0.2) is 17.8 Å². The van der Waals surface area contributed by atoms with E-state index >= 15 is 0 Å². The highest BCUT2D eigenvalue weighted by atomic mass is 16.6. The maximum Gasteiger partial charge on any atom is 0.135 e. The Kier molecular flexibility index (Phi) is 5.77. The molecule has 58 valence electrons. The van der Waals surface area contributed by atoms with Crippen molar-refractivity contribution in [3.05, 3.63) is 12.7 Å². The van der Waals surface area contributed by atoms with E-state index in [0.717, 1.165) is 5.71 Å². The monoisotopic (exact) mass is 143 g/mol. The van der Waals surface area contributed by atoms with Gasteiger partial charge < -0.3 is 9.94 Å². The van der Waals surface area contributed by atoms with Crippen molar-refractivity contribution in [2.75, 3.05) is 13.2 Å². The summed E-state index contributed by atoms with van der Waals surface area (Å²) in [6.07, 6.45) is 2.19. The minimum absolute atomic E-state index is 0.118. The molecule has 0 aliphatic rings. The second kappa shape index (κ2) is 6.29. The lowest BCUT2D eigenvalue weighted by atomic mass is 10.3. The number of rotatable bonds is 5. The van der Waals surface area contributed by atoms with Gasteiger partial charge in [0.15, 0.2) is 0 Å². The largest absolute Gasteiger partial charge is 0.396 e. The van der Waals surface area contributed by atoms with Gasteiger partial charge in [-0.15, -0.1) is 0 Å². The highest BCUT2D eigenvalue weighted by Crippen LogP contribution is 1.86. The third kappa shape index (κ3) is 5.31. The van der Waals surface area contributed by atoms with Crippen LogP contribution in [-0.4, -0.2) is 24.0 Å². The van der Waals surface area contributed by atoms with E-state index in [4.69, 9.17) is 9.94 Å². The molecule has 0 amide bonds. The van der Waals surface area contributed by atoms with Crippen molar-refractivity contribution in [1.82, 2.24) is 0 Å². The van der Waals surface area contributed by atoms with Gasteiger partial charge in [-0.05, 0) is 6.92 Å². The Labute approximate surface area is 61.0 Å². The first kappa shape index (κ1) is 9.17. The molecular weight excluding hydrogens is 130 g/mol. The lowest BCUT2D eigenvalue weighted by Gasteiger charge is -1.95. The molecular formula is C7H13NO2. The maximum absolute atomic E-state index is 8.44. The normalized spacial score (nSPS) is 11.2. The molecule has 10 heavy (non-hydrogen) atoms. The van der Waals surface area contributed by atoms with Gasteiger partial charge in [0.05, 0.1) is 5.71 Å². The molecule has 1 N–H and O–H groups in total. The van der Waals surface area contributed by atoms with Crippen LogP contribution >= 0.6 is 0 Å². The molecule has 0 spiro atoms. The Morgan fingerprint density at radius 2 is 2.50 bits per heavy atom. The lowest BCUT2D eigenvalue weighted by Crippen LogP contribution is -1.96. The molecule has 0 saturated heterocycles. The summed E-state index contributed by atoms with van der Waals surface area (Å²) in [5, 5.41) is 12.1. The minimum Gasteiger partial charge on any atom is -0.396 e. The van der Waals surface area contributed by atoms with Crippen LogP contribution in [0.25, 0.3) is 0 Å². The summed E-state index contributed by atoms with van der Waals surface area (Å²) in [4.78, 5) is 4.76. The number of aliphatic hydroxyl groups excluding tert-OH is 1. The fourth-order valence-electron chi connectivity index (χ4n) is 0.408. The molecule has 0 aliphatic heterocycles. The van der Waals surface area contributed by atoms with E-state index < -0.39 is 0 Å². The van der Waals surface area contributed by atoms with Gasteiger partial charge in [0, 0.05) is 13.0 Å². The maximum atomic E-state index is 8.44. The highest BCUT2D eigenvalue weighted by Gasteiger charge is 1.87. The number of oxime groups is 1. The molecule has 0 unspecified atom stereocenters. The average Bonchev–Trinajstić information content (AvgIpc) is 1.89. The quantitative estimate of drug-likeness (QED) is 0.269. The van der Waals surface area contributed by atoms with Gasteiger partial charge in [-0.3, -0.25) is 0 Å². The predicted octanol–water partition coefficient (Wildman–Crippen LogP) is 0.947. The predicted molar refractivity (Wildman–Crippen MR) is 41.0 cm³/mol. The van der Waals surface area contributed by atoms with E-state index in [-0.39, 0.29) is 6.61 Å². The Balaban J connectivity index is 3.36. The smallest absolute Gasteiger partial charge is 0.135 e. The van der Waals surface area contributed by atoms with Crippen LogP contribution in [-0.2, 0) is 4.84 Å². The van der Waals surface area contributed by atoms with Crippen molar-refractivity contribution >= 4 is 5.71 Å². The Bertz CT molecular complexity index is 121. The second-order valence-electron chi connectivity index (χ2n) is 1.88. The van der Waals surface area contributed by atoms with E-state index in [0.29, 0.717) is 13.0 Å². The third-order valence-corrected chi connectivity index (χ3v) is 0.886. The van der Waals surface area contributed by atoms with Crippen LogP contribution in [0.2, 0.25) is 0 Å². The van der Waals surface area contributed by atoms with Crippen molar-refractivity contribution < 1.29 is 9.94 Å². The molecule has 0 aliphatic carbocycles. The van der Waals surface area contributed by atoms with Crippen LogP contribution in [0.1, 0.15) is 13.3 Å². The Hall–Kier alpha value is -0.830. The molecule has 0 atom stereocenters. The van der Waals surface area contributed by atoms with Crippen molar-refractivity contribution in [3.8, 4) is 0 Å². The van der Waals surface area contributed by atoms with Crippen LogP contribution < -0.4 is 0 Å². The number of aliphatic hydroxyl groups is 1. The topological polar surface area (TPSA) is 41.8 Å². The summed E-state index contributed by atoms with van der Waals surface area (Å²) >= 11 is 0. The van der Waals surface area contributed by atoms with Crippen molar-refractivity contribution in [2.45, 2.75) is 13.3 Å². The van der Waals surface area contributed by atoms with Gasteiger partial charge in [-0.25, -0.2) is 0 Å². The van der Waals surface area contributed by atoms with E-state index in [1.165, 1.54) is 0 Å².